The third-order valence-electron chi connectivity index (χ3n) is 4.78. The Hall–Kier alpha value is -3.24. The van der Waals surface area contributed by atoms with Crippen molar-refractivity contribution >= 4 is 40.7 Å². The number of rotatable bonds is 6. The summed E-state index contributed by atoms with van der Waals surface area (Å²) in [6.45, 7) is -0.160. The molecule has 1 aromatic carbocycles. The number of carbonyl (C=O) groups is 4. The standard InChI is InChI=1S/C20H19N3O6S/c24-16(11-14-7-4-10-30-14)22-15-12-28-23(18(15)26)20(9-8-17(25)29-20)19(27)21-13-5-2-1-3-6-13/h1-7,10,15H,8-9,11-12H2,(H,21,27)(H,22,24)/t15-,20?/m0/s1. The minimum absolute atomic E-state index is 0.0370. The maximum Gasteiger partial charge on any atom is 0.308 e. The van der Waals surface area contributed by atoms with Crippen LogP contribution >= 0.6 is 11.3 Å². The van der Waals surface area contributed by atoms with E-state index in [0.29, 0.717) is 5.69 Å². The lowest BCUT2D eigenvalue weighted by molar-refractivity contribution is -0.246. The minimum atomic E-state index is -1.92. The number of nitrogens with zero attached hydrogens (tertiary/aromatic N) is 1. The van der Waals surface area contributed by atoms with Gasteiger partial charge in [0.25, 0.3) is 17.5 Å². The highest BCUT2D eigenvalue weighted by Crippen LogP contribution is 2.35. The van der Waals surface area contributed by atoms with Gasteiger partial charge in [0.05, 0.1) is 12.8 Å². The average molecular weight is 429 g/mol. The molecule has 0 radical (unpaired) electrons. The zero-order chi connectivity index (χ0) is 21.1. The van der Waals surface area contributed by atoms with Gasteiger partial charge in [-0.25, -0.2) is 0 Å². The van der Waals surface area contributed by atoms with Gasteiger partial charge in [-0.1, -0.05) is 24.3 Å². The minimum Gasteiger partial charge on any atom is -0.427 e. The Morgan fingerprint density at radius 1 is 1.17 bits per heavy atom. The Labute approximate surface area is 175 Å². The number of hydroxylamine groups is 2. The van der Waals surface area contributed by atoms with Gasteiger partial charge in [0.1, 0.15) is 12.6 Å². The molecule has 2 N–H and O–H groups in total. The molecule has 2 aliphatic rings. The van der Waals surface area contributed by atoms with Crippen LogP contribution in [0.1, 0.15) is 17.7 Å². The molecule has 2 aromatic rings. The zero-order valence-corrected chi connectivity index (χ0v) is 16.6. The summed E-state index contributed by atoms with van der Waals surface area (Å²) in [6, 6.07) is 11.3. The summed E-state index contributed by atoms with van der Waals surface area (Å²) in [4.78, 5) is 56.3. The van der Waals surface area contributed by atoms with E-state index < -0.39 is 29.6 Å². The number of hydrogen-bond donors (Lipinski definition) is 2. The Bertz CT molecular complexity index is 964. The number of hydrogen-bond acceptors (Lipinski definition) is 7. The van der Waals surface area contributed by atoms with E-state index in [9.17, 15) is 19.2 Å². The van der Waals surface area contributed by atoms with Gasteiger partial charge in [-0.05, 0) is 23.6 Å². The summed E-state index contributed by atoms with van der Waals surface area (Å²) in [5.41, 5.74) is -1.44. The van der Waals surface area contributed by atoms with E-state index in [4.69, 9.17) is 9.57 Å². The molecule has 0 saturated carbocycles. The first-order valence-corrected chi connectivity index (χ1v) is 10.2. The average Bonchev–Trinajstić information content (AvgIpc) is 3.45. The van der Waals surface area contributed by atoms with Gasteiger partial charge in [0, 0.05) is 17.0 Å². The number of esters is 1. The lowest BCUT2D eigenvalue weighted by atomic mass is 10.1. The van der Waals surface area contributed by atoms with Crippen LogP contribution in [-0.2, 0) is 35.2 Å². The van der Waals surface area contributed by atoms with E-state index in [2.05, 4.69) is 10.6 Å². The number of nitrogens with one attached hydrogen (secondary N) is 2. The molecule has 9 nitrogen and oxygen atoms in total. The Kier molecular flexibility index (Phi) is 5.51. The van der Waals surface area contributed by atoms with E-state index in [1.54, 1.807) is 30.3 Å². The van der Waals surface area contributed by atoms with Gasteiger partial charge in [-0.2, -0.15) is 5.06 Å². The molecule has 30 heavy (non-hydrogen) atoms. The third-order valence-corrected chi connectivity index (χ3v) is 5.66. The van der Waals surface area contributed by atoms with E-state index in [0.717, 1.165) is 9.94 Å². The van der Waals surface area contributed by atoms with Crippen LogP contribution < -0.4 is 10.6 Å². The summed E-state index contributed by atoms with van der Waals surface area (Å²) in [7, 11) is 0. The monoisotopic (exact) mass is 429 g/mol. The van der Waals surface area contributed by atoms with Gasteiger partial charge in [0.2, 0.25) is 5.91 Å². The van der Waals surface area contributed by atoms with Crippen LogP contribution in [0.2, 0.25) is 0 Å². The summed E-state index contributed by atoms with van der Waals surface area (Å²) in [5, 5.41) is 7.91. The van der Waals surface area contributed by atoms with E-state index in [-0.39, 0.29) is 31.8 Å². The molecule has 156 valence electrons. The summed E-state index contributed by atoms with van der Waals surface area (Å²) in [5.74, 6) is -2.29. The second kappa shape index (κ2) is 8.25. The number of carbonyl (C=O) groups excluding carboxylic acids is 4. The van der Waals surface area contributed by atoms with Gasteiger partial charge >= 0.3 is 5.97 Å². The summed E-state index contributed by atoms with van der Waals surface area (Å²) >= 11 is 1.44. The number of para-hydroxylation sites is 1. The number of thiophene rings is 1. The zero-order valence-electron chi connectivity index (χ0n) is 15.8. The van der Waals surface area contributed by atoms with Crippen molar-refractivity contribution in [1.82, 2.24) is 10.4 Å². The fourth-order valence-corrected chi connectivity index (χ4v) is 4.04. The van der Waals surface area contributed by atoms with Crippen LogP contribution in [0.25, 0.3) is 0 Å². The maximum absolute atomic E-state index is 13.0. The Balaban J connectivity index is 1.48. The first kappa shape index (κ1) is 20.0. The topological polar surface area (TPSA) is 114 Å². The van der Waals surface area contributed by atoms with Crippen molar-refractivity contribution in [1.29, 1.82) is 0 Å². The first-order valence-electron chi connectivity index (χ1n) is 9.35. The van der Waals surface area contributed by atoms with Crippen molar-refractivity contribution < 1.29 is 28.8 Å². The molecule has 2 saturated heterocycles. The highest BCUT2D eigenvalue weighted by molar-refractivity contribution is 7.10. The van der Waals surface area contributed by atoms with Crippen LogP contribution in [0.4, 0.5) is 5.69 Å². The van der Waals surface area contributed by atoms with Crippen molar-refractivity contribution in [2.75, 3.05) is 11.9 Å². The number of amides is 3. The molecule has 4 rings (SSSR count). The van der Waals surface area contributed by atoms with Crippen LogP contribution in [0.5, 0.6) is 0 Å². The Morgan fingerprint density at radius 3 is 2.63 bits per heavy atom. The highest BCUT2D eigenvalue weighted by Gasteiger charge is 2.58. The number of benzene rings is 1. The number of anilines is 1. The second-order valence-corrected chi connectivity index (χ2v) is 7.92. The van der Waals surface area contributed by atoms with Crippen molar-refractivity contribution in [3.63, 3.8) is 0 Å². The Morgan fingerprint density at radius 2 is 1.97 bits per heavy atom. The maximum atomic E-state index is 13.0. The van der Waals surface area contributed by atoms with Crippen molar-refractivity contribution in [2.24, 2.45) is 0 Å². The van der Waals surface area contributed by atoms with E-state index >= 15 is 0 Å². The predicted molar refractivity (Wildman–Crippen MR) is 106 cm³/mol. The first-order chi connectivity index (χ1) is 14.5. The fourth-order valence-electron chi connectivity index (χ4n) is 3.34. The van der Waals surface area contributed by atoms with Crippen molar-refractivity contribution in [3.8, 4) is 0 Å². The molecule has 2 atom stereocenters. The molecule has 1 unspecified atom stereocenters. The molecule has 2 aliphatic heterocycles. The second-order valence-electron chi connectivity index (χ2n) is 6.88. The molecule has 1 aromatic heterocycles. The van der Waals surface area contributed by atoms with Gasteiger partial charge < -0.3 is 15.4 Å². The van der Waals surface area contributed by atoms with Crippen LogP contribution in [-0.4, -0.2) is 47.1 Å². The fraction of sp³-hybridized carbons (Fsp3) is 0.300. The lowest BCUT2D eigenvalue weighted by Gasteiger charge is -2.33. The number of ether oxygens (including phenoxy) is 1. The van der Waals surface area contributed by atoms with Crippen LogP contribution in [0.15, 0.2) is 47.8 Å². The molecule has 0 bridgehead atoms. The van der Waals surface area contributed by atoms with Crippen molar-refractivity contribution in [3.05, 3.63) is 52.7 Å². The largest absolute Gasteiger partial charge is 0.427 e. The predicted octanol–water partition coefficient (Wildman–Crippen LogP) is 1.22. The normalized spacial score (nSPS) is 23.3. The molecule has 0 spiro atoms. The van der Waals surface area contributed by atoms with E-state index in [1.807, 2.05) is 17.5 Å². The van der Waals surface area contributed by atoms with Gasteiger partial charge in [0.15, 0.2) is 0 Å². The third kappa shape index (κ3) is 3.91. The molecule has 3 amide bonds. The smallest absolute Gasteiger partial charge is 0.308 e. The summed E-state index contributed by atoms with van der Waals surface area (Å²) < 4.78 is 5.29. The molecule has 2 fully saturated rings. The van der Waals surface area contributed by atoms with E-state index in [1.165, 1.54) is 11.3 Å². The molecular formula is C20H19N3O6S. The van der Waals surface area contributed by atoms with Crippen LogP contribution in [0, 0.1) is 0 Å². The quantitative estimate of drug-likeness (QED) is 0.668. The van der Waals surface area contributed by atoms with Crippen molar-refractivity contribution in [2.45, 2.75) is 31.0 Å². The van der Waals surface area contributed by atoms with Gasteiger partial charge in [-0.3, -0.25) is 24.0 Å². The van der Waals surface area contributed by atoms with Crippen LogP contribution in [0.3, 0.4) is 0 Å². The number of cyclic esters (lactones) is 1. The molecule has 3 heterocycles. The molecular weight excluding hydrogens is 410 g/mol. The highest BCUT2D eigenvalue weighted by atomic mass is 32.1. The lowest BCUT2D eigenvalue weighted by Crippen LogP contribution is -2.58. The SMILES string of the molecule is O=C(Cc1cccs1)N[C@H]1CON(C2(C(=O)Nc3ccccc3)CCC(=O)O2)C1=O. The molecule has 10 heteroatoms. The van der Waals surface area contributed by atoms with Gasteiger partial charge in [-0.15, -0.1) is 11.3 Å². The summed E-state index contributed by atoms with van der Waals surface area (Å²) in [6.07, 6.45) is 0.0485. The molecule has 0 aliphatic carbocycles.